The lowest BCUT2D eigenvalue weighted by molar-refractivity contribution is -0.132. The van der Waals surface area contributed by atoms with Crippen LogP contribution in [0.1, 0.15) is 52.5 Å². The number of likely N-dealkylation sites (tertiary alicyclic amines) is 1. The first-order chi connectivity index (χ1) is 9.88. The lowest BCUT2D eigenvalue weighted by atomic mass is 9.87. The molecular weight excluding hydrogens is 260 g/mol. The van der Waals surface area contributed by atoms with E-state index in [0.717, 1.165) is 31.6 Å². The Balaban J connectivity index is 1.95. The van der Waals surface area contributed by atoms with Crippen molar-refractivity contribution in [2.45, 2.75) is 58.4 Å². The smallest absolute Gasteiger partial charge is 0.244 e. The van der Waals surface area contributed by atoms with Gasteiger partial charge in [0.1, 0.15) is 6.04 Å². The Hall–Kier alpha value is -1.51. The van der Waals surface area contributed by atoms with E-state index in [1.54, 1.807) is 0 Å². The van der Waals surface area contributed by atoms with E-state index in [1.807, 2.05) is 11.8 Å². The summed E-state index contributed by atoms with van der Waals surface area (Å²) in [6.07, 6.45) is 3.53. The second-order valence-electron chi connectivity index (χ2n) is 7.08. The summed E-state index contributed by atoms with van der Waals surface area (Å²) in [6, 6.07) is 8.26. The third kappa shape index (κ3) is 4.23. The Labute approximate surface area is 128 Å². The van der Waals surface area contributed by atoms with Crippen LogP contribution in [-0.2, 0) is 10.2 Å². The fraction of sp³-hybridized carbons (Fsp3) is 0.611. The third-order valence-corrected chi connectivity index (χ3v) is 4.17. The van der Waals surface area contributed by atoms with Gasteiger partial charge >= 0.3 is 0 Å². The SMILES string of the molecule is CC(Nc1ccc(C(C)(C)C)cc1)C(=O)N1CCCCC1. The third-order valence-electron chi connectivity index (χ3n) is 4.17. The largest absolute Gasteiger partial charge is 0.374 e. The van der Waals surface area contributed by atoms with E-state index in [1.165, 1.54) is 12.0 Å². The highest BCUT2D eigenvalue weighted by Crippen LogP contribution is 2.23. The average Bonchev–Trinajstić information content (AvgIpc) is 2.47. The molecule has 1 amide bonds. The number of anilines is 1. The van der Waals surface area contributed by atoms with Gasteiger partial charge in [-0.1, -0.05) is 32.9 Å². The summed E-state index contributed by atoms with van der Waals surface area (Å²) in [7, 11) is 0. The van der Waals surface area contributed by atoms with Crippen LogP contribution in [-0.4, -0.2) is 29.9 Å². The summed E-state index contributed by atoms with van der Waals surface area (Å²) in [6.45, 7) is 10.4. The van der Waals surface area contributed by atoms with E-state index in [2.05, 4.69) is 50.4 Å². The Morgan fingerprint density at radius 3 is 2.19 bits per heavy atom. The average molecular weight is 288 g/mol. The Kier molecular flexibility index (Phi) is 4.92. The molecule has 1 aromatic rings. The van der Waals surface area contributed by atoms with Crippen LogP contribution < -0.4 is 5.32 Å². The van der Waals surface area contributed by atoms with E-state index in [-0.39, 0.29) is 17.4 Å². The van der Waals surface area contributed by atoms with Gasteiger partial charge in [-0.15, -0.1) is 0 Å². The van der Waals surface area contributed by atoms with E-state index in [0.29, 0.717) is 0 Å². The van der Waals surface area contributed by atoms with Crippen molar-refractivity contribution in [1.29, 1.82) is 0 Å². The zero-order valence-corrected chi connectivity index (χ0v) is 13.8. The van der Waals surface area contributed by atoms with Gasteiger partial charge in [-0.2, -0.15) is 0 Å². The Morgan fingerprint density at radius 2 is 1.67 bits per heavy atom. The molecule has 1 heterocycles. The van der Waals surface area contributed by atoms with Crippen LogP contribution in [0.3, 0.4) is 0 Å². The van der Waals surface area contributed by atoms with Gasteiger partial charge in [0.2, 0.25) is 5.91 Å². The number of rotatable bonds is 3. The predicted octanol–water partition coefficient (Wildman–Crippen LogP) is 3.80. The van der Waals surface area contributed by atoms with Gasteiger partial charge in [0.05, 0.1) is 0 Å². The van der Waals surface area contributed by atoms with Gasteiger partial charge in [-0.25, -0.2) is 0 Å². The second kappa shape index (κ2) is 6.50. The maximum atomic E-state index is 12.4. The minimum Gasteiger partial charge on any atom is -0.374 e. The van der Waals surface area contributed by atoms with Crippen LogP contribution in [0.15, 0.2) is 24.3 Å². The van der Waals surface area contributed by atoms with Crippen molar-refractivity contribution in [2.24, 2.45) is 0 Å². The van der Waals surface area contributed by atoms with Crippen molar-refractivity contribution in [3.8, 4) is 0 Å². The first-order valence-corrected chi connectivity index (χ1v) is 8.04. The molecule has 0 aliphatic carbocycles. The molecule has 1 aliphatic rings. The maximum absolute atomic E-state index is 12.4. The summed E-state index contributed by atoms with van der Waals surface area (Å²) in [5, 5.41) is 3.33. The zero-order chi connectivity index (χ0) is 15.5. The number of nitrogens with one attached hydrogen (secondary N) is 1. The van der Waals surface area contributed by atoms with Crippen molar-refractivity contribution in [1.82, 2.24) is 4.90 Å². The van der Waals surface area contributed by atoms with Crippen LogP contribution in [0.4, 0.5) is 5.69 Å². The normalized spacial score (nSPS) is 17.4. The van der Waals surface area contributed by atoms with Crippen LogP contribution in [0, 0.1) is 0 Å². The molecule has 0 bridgehead atoms. The molecular formula is C18H28N2O. The molecule has 0 saturated carbocycles. The fourth-order valence-corrected chi connectivity index (χ4v) is 2.77. The number of nitrogens with zero attached hydrogens (tertiary/aromatic N) is 1. The van der Waals surface area contributed by atoms with Gasteiger partial charge in [-0.3, -0.25) is 4.79 Å². The number of hydrogen-bond donors (Lipinski definition) is 1. The van der Waals surface area contributed by atoms with Gasteiger partial charge in [-0.05, 0) is 49.3 Å². The number of amides is 1. The zero-order valence-electron chi connectivity index (χ0n) is 13.8. The molecule has 21 heavy (non-hydrogen) atoms. The van der Waals surface area contributed by atoms with E-state index < -0.39 is 0 Å². The molecule has 1 atom stereocenters. The monoisotopic (exact) mass is 288 g/mol. The highest BCUT2D eigenvalue weighted by molar-refractivity contribution is 5.84. The second-order valence-corrected chi connectivity index (χ2v) is 7.08. The van der Waals surface area contributed by atoms with E-state index >= 15 is 0 Å². The van der Waals surface area contributed by atoms with E-state index in [4.69, 9.17) is 0 Å². The van der Waals surface area contributed by atoms with Crippen molar-refractivity contribution >= 4 is 11.6 Å². The molecule has 2 rings (SSSR count). The Morgan fingerprint density at radius 1 is 1.10 bits per heavy atom. The molecule has 116 valence electrons. The van der Waals surface area contributed by atoms with Crippen molar-refractivity contribution in [3.05, 3.63) is 29.8 Å². The van der Waals surface area contributed by atoms with Crippen LogP contribution in [0.25, 0.3) is 0 Å². The summed E-state index contributed by atoms with van der Waals surface area (Å²) in [5.74, 6) is 0.217. The predicted molar refractivity (Wildman–Crippen MR) is 88.7 cm³/mol. The minimum absolute atomic E-state index is 0.160. The van der Waals surface area contributed by atoms with Crippen LogP contribution in [0.2, 0.25) is 0 Å². The summed E-state index contributed by atoms with van der Waals surface area (Å²) in [5.41, 5.74) is 2.48. The molecule has 3 nitrogen and oxygen atoms in total. The molecule has 1 saturated heterocycles. The lowest BCUT2D eigenvalue weighted by Crippen LogP contribution is -2.43. The summed E-state index contributed by atoms with van der Waals surface area (Å²) >= 11 is 0. The molecule has 3 heteroatoms. The van der Waals surface area contributed by atoms with Crippen molar-refractivity contribution in [2.75, 3.05) is 18.4 Å². The highest BCUT2D eigenvalue weighted by Gasteiger charge is 2.22. The maximum Gasteiger partial charge on any atom is 0.244 e. The van der Waals surface area contributed by atoms with Crippen molar-refractivity contribution in [3.63, 3.8) is 0 Å². The van der Waals surface area contributed by atoms with Gasteiger partial charge < -0.3 is 10.2 Å². The minimum atomic E-state index is -0.163. The molecule has 1 aliphatic heterocycles. The summed E-state index contributed by atoms with van der Waals surface area (Å²) in [4.78, 5) is 14.4. The first kappa shape index (κ1) is 15.9. The first-order valence-electron chi connectivity index (χ1n) is 8.04. The molecule has 0 aromatic heterocycles. The standard InChI is InChI=1S/C18H28N2O/c1-14(17(21)20-12-6-5-7-13-20)19-16-10-8-15(9-11-16)18(2,3)4/h8-11,14,19H,5-7,12-13H2,1-4H3. The van der Waals surface area contributed by atoms with Gasteiger partial charge in [0.25, 0.3) is 0 Å². The quantitative estimate of drug-likeness (QED) is 0.917. The number of carbonyl (C=O) groups is 1. The number of benzene rings is 1. The molecule has 1 aromatic carbocycles. The van der Waals surface area contributed by atoms with Gasteiger partial charge in [0, 0.05) is 18.8 Å². The molecule has 1 N–H and O–H groups in total. The molecule has 0 spiro atoms. The van der Waals surface area contributed by atoms with Gasteiger partial charge in [0.15, 0.2) is 0 Å². The lowest BCUT2D eigenvalue weighted by Gasteiger charge is -2.30. The Bertz CT molecular complexity index is 467. The summed E-state index contributed by atoms with van der Waals surface area (Å²) < 4.78 is 0. The number of piperidine rings is 1. The fourth-order valence-electron chi connectivity index (χ4n) is 2.77. The molecule has 1 unspecified atom stereocenters. The van der Waals surface area contributed by atoms with Crippen LogP contribution in [0.5, 0.6) is 0 Å². The highest BCUT2D eigenvalue weighted by atomic mass is 16.2. The number of hydrogen-bond acceptors (Lipinski definition) is 2. The van der Waals surface area contributed by atoms with Crippen molar-refractivity contribution < 1.29 is 4.79 Å². The van der Waals surface area contributed by atoms with E-state index in [9.17, 15) is 4.79 Å². The number of carbonyl (C=O) groups excluding carboxylic acids is 1. The van der Waals surface area contributed by atoms with Crippen LogP contribution >= 0.6 is 0 Å². The topological polar surface area (TPSA) is 32.3 Å². The molecule has 0 radical (unpaired) electrons. The molecule has 1 fully saturated rings.